The third-order valence-corrected chi connectivity index (χ3v) is 3.53. The van der Waals surface area contributed by atoms with E-state index in [9.17, 15) is 5.11 Å². The number of rotatable bonds is 4. The van der Waals surface area contributed by atoms with Gasteiger partial charge in [-0.3, -0.25) is 0 Å². The van der Waals surface area contributed by atoms with Gasteiger partial charge in [-0.2, -0.15) is 0 Å². The Balaban J connectivity index is 1.99. The second-order valence-electron chi connectivity index (χ2n) is 4.65. The molecule has 1 aliphatic carbocycles. The third kappa shape index (κ3) is 2.60. The van der Waals surface area contributed by atoms with Crippen LogP contribution >= 0.6 is 0 Å². The minimum atomic E-state index is -0.248. The van der Waals surface area contributed by atoms with Crippen LogP contribution in [0.5, 0.6) is 0 Å². The van der Waals surface area contributed by atoms with Gasteiger partial charge < -0.3 is 5.11 Å². The van der Waals surface area contributed by atoms with Gasteiger partial charge in [0.05, 0.1) is 6.10 Å². The van der Waals surface area contributed by atoms with Crippen LogP contribution in [-0.2, 0) is 6.42 Å². The summed E-state index contributed by atoms with van der Waals surface area (Å²) < 4.78 is 0. The highest BCUT2D eigenvalue weighted by molar-refractivity contribution is 5.25. The zero-order valence-electron chi connectivity index (χ0n) is 9.45. The largest absolute Gasteiger partial charge is 0.388 e. The Bertz CT molecular complexity index is 315. The third-order valence-electron chi connectivity index (χ3n) is 3.53. The summed E-state index contributed by atoms with van der Waals surface area (Å²) in [6.45, 7) is 2.15. The first-order valence-electron chi connectivity index (χ1n) is 6.06. The van der Waals surface area contributed by atoms with E-state index in [0.29, 0.717) is 0 Å². The molecule has 0 saturated heterocycles. The lowest BCUT2D eigenvalue weighted by molar-refractivity contribution is 0.118. The van der Waals surface area contributed by atoms with Gasteiger partial charge in [-0.25, -0.2) is 0 Å². The van der Waals surface area contributed by atoms with E-state index in [1.54, 1.807) is 0 Å². The molecule has 1 heteroatoms. The fourth-order valence-corrected chi connectivity index (χ4v) is 2.20. The molecule has 0 aliphatic heterocycles. The van der Waals surface area contributed by atoms with Crippen LogP contribution in [0, 0.1) is 5.92 Å². The predicted octanol–water partition coefficient (Wildman–Crippen LogP) is 3.47. The molecule has 15 heavy (non-hydrogen) atoms. The van der Waals surface area contributed by atoms with Crippen LogP contribution in [0.15, 0.2) is 24.3 Å². The Kier molecular flexibility index (Phi) is 3.42. The number of hydrogen-bond acceptors (Lipinski definition) is 1. The summed E-state index contributed by atoms with van der Waals surface area (Å²) >= 11 is 0. The van der Waals surface area contributed by atoms with Gasteiger partial charge in [0.2, 0.25) is 0 Å². The van der Waals surface area contributed by atoms with E-state index in [4.69, 9.17) is 0 Å². The predicted molar refractivity (Wildman–Crippen MR) is 62.7 cm³/mol. The van der Waals surface area contributed by atoms with Crippen LogP contribution in [0.2, 0.25) is 0 Å². The van der Waals surface area contributed by atoms with Crippen molar-refractivity contribution in [3.8, 4) is 0 Å². The lowest BCUT2D eigenvalue weighted by Crippen LogP contribution is -2.14. The average molecular weight is 204 g/mol. The molecule has 0 aromatic heterocycles. The molecule has 1 saturated carbocycles. The minimum absolute atomic E-state index is 0.248. The topological polar surface area (TPSA) is 20.2 Å². The van der Waals surface area contributed by atoms with E-state index >= 15 is 0 Å². The molecule has 0 amide bonds. The summed E-state index contributed by atoms with van der Waals surface area (Å²) in [5, 5.41) is 10.1. The van der Waals surface area contributed by atoms with Crippen molar-refractivity contribution in [1.82, 2.24) is 0 Å². The molecule has 1 N–H and O–H groups in total. The smallest absolute Gasteiger partial charge is 0.0792 e. The van der Waals surface area contributed by atoms with Crippen molar-refractivity contribution >= 4 is 0 Å². The van der Waals surface area contributed by atoms with Gasteiger partial charge in [0.25, 0.3) is 0 Å². The molecule has 1 aromatic carbocycles. The van der Waals surface area contributed by atoms with Crippen molar-refractivity contribution in [2.24, 2.45) is 5.92 Å². The molecule has 0 spiro atoms. The highest BCUT2D eigenvalue weighted by Gasteiger charge is 2.21. The zero-order valence-corrected chi connectivity index (χ0v) is 9.45. The highest BCUT2D eigenvalue weighted by atomic mass is 16.3. The van der Waals surface area contributed by atoms with Crippen LogP contribution in [0.25, 0.3) is 0 Å². The highest BCUT2D eigenvalue weighted by Crippen LogP contribution is 2.34. The number of aliphatic hydroxyl groups is 1. The van der Waals surface area contributed by atoms with E-state index in [0.717, 1.165) is 24.3 Å². The summed E-state index contributed by atoms with van der Waals surface area (Å²) in [4.78, 5) is 0. The Labute approximate surface area is 92.1 Å². The molecule has 0 heterocycles. The Hall–Kier alpha value is -0.820. The first-order chi connectivity index (χ1) is 7.29. The standard InChI is InChI=1S/C14H20O/c1-2-11-5-4-8-13(9-11)14(15)10-12-6-3-7-12/h4-5,8-9,12,14-15H,2-3,6-7,10H2,1H3. The lowest BCUT2D eigenvalue weighted by Gasteiger charge is -2.27. The van der Waals surface area contributed by atoms with Gasteiger partial charge in [-0.15, -0.1) is 0 Å². The van der Waals surface area contributed by atoms with Crippen LogP contribution in [0.1, 0.15) is 49.8 Å². The van der Waals surface area contributed by atoms with Crippen molar-refractivity contribution in [2.45, 2.75) is 45.1 Å². The molecule has 1 aromatic rings. The number of hydrogen-bond donors (Lipinski definition) is 1. The molecule has 0 bridgehead atoms. The maximum atomic E-state index is 10.1. The van der Waals surface area contributed by atoms with E-state index in [1.165, 1.54) is 24.8 Å². The molecule has 0 radical (unpaired) electrons. The molecule has 2 rings (SSSR count). The SMILES string of the molecule is CCc1cccc(C(O)CC2CCC2)c1. The van der Waals surface area contributed by atoms with E-state index in [2.05, 4.69) is 25.1 Å². The summed E-state index contributed by atoms with van der Waals surface area (Å²) in [7, 11) is 0. The number of benzene rings is 1. The Morgan fingerprint density at radius 1 is 1.40 bits per heavy atom. The molecule has 1 fully saturated rings. The molecule has 82 valence electrons. The summed E-state index contributed by atoms with van der Waals surface area (Å²) in [5.41, 5.74) is 2.42. The van der Waals surface area contributed by atoms with Gasteiger partial charge in [0.1, 0.15) is 0 Å². The van der Waals surface area contributed by atoms with Crippen LogP contribution < -0.4 is 0 Å². The molecule has 1 atom stereocenters. The number of aliphatic hydroxyl groups excluding tert-OH is 1. The van der Waals surface area contributed by atoms with Gasteiger partial charge in [-0.1, -0.05) is 50.5 Å². The lowest BCUT2D eigenvalue weighted by atomic mass is 9.80. The molecular formula is C14H20O. The van der Waals surface area contributed by atoms with E-state index < -0.39 is 0 Å². The van der Waals surface area contributed by atoms with E-state index in [-0.39, 0.29) is 6.10 Å². The molecule has 1 aliphatic rings. The minimum Gasteiger partial charge on any atom is -0.388 e. The first kappa shape index (κ1) is 10.7. The van der Waals surface area contributed by atoms with Gasteiger partial charge in [0.15, 0.2) is 0 Å². The molecular weight excluding hydrogens is 184 g/mol. The van der Waals surface area contributed by atoms with Crippen molar-refractivity contribution in [1.29, 1.82) is 0 Å². The maximum absolute atomic E-state index is 10.1. The summed E-state index contributed by atoms with van der Waals surface area (Å²) in [6, 6.07) is 8.36. The van der Waals surface area contributed by atoms with Gasteiger partial charge >= 0.3 is 0 Å². The monoisotopic (exact) mass is 204 g/mol. The van der Waals surface area contributed by atoms with Gasteiger partial charge in [0, 0.05) is 0 Å². The van der Waals surface area contributed by atoms with Crippen LogP contribution in [0.3, 0.4) is 0 Å². The van der Waals surface area contributed by atoms with Crippen LogP contribution in [-0.4, -0.2) is 5.11 Å². The normalized spacial score (nSPS) is 18.5. The van der Waals surface area contributed by atoms with Crippen molar-refractivity contribution in [3.63, 3.8) is 0 Å². The molecule has 1 unspecified atom stereocenters. The second-order valence-corrected chi connectivity index (χ2v) is 4.65. The van der Waals surface area contributed by atoms with Crippen molar-refractivity contribution in [3.05, 3.63) is 35.4 Å². The van der Waals surface area contributed by atoms with Crippen LogP contribution in [0.4, 0.5) is 0 Å². The fourth-order valence-electron chi connectivity index (χ4n) is 2.20. The Morgan fingerprint density at radius 2 is 2.20 bits per heavy atom. The van der Waals surface area contributed by atoms with Gasteiger partial charge in [-0.05, 0) is 29.9 Å². The zero-order chi connectivity index (χ0) is 10.7. The van der Waals surface area contributed by atoms with Crippen molar-refractivity contribution < 1.29 is 5.11 Å². The Morgan fingerprint density at radius 3 is 2.80 bits per heavy atom. The first-order valence-corrected chi connectivity index (χ1v) is 6.06. The van der Waals surface area contributed by atoms with Crippen molar-refractivity contribution in [2.75, 3.05) is 0 Å². The quantitative estimate of drug-likeness (QED) is 0.796. The summed E-state index contributed by atoms with van der Waals surface area (Å²) in [5.74, 6) is 0.769. The maximum Gasteiger partial charge on any atom is 0.0792 e. The fraction of sp³-hybridized carbons (Fsp3) is 0.571. The van der Waals surface area contributed by atoms with E-state index in [1.807, 2.05) is 6.07 Å². The molecule has 1 nitrogen and oxygen atoms in total. The average Bonchev–Trinajstić information content (AvgIpc) is 2.23. The second kappa shape index (κ2) is 4.80. The summed E-state index contributed by atoms with van der Waals surface area (Å²) in [6.07, 6.45) is 5.72. The number of aryl methyl sites for hydroxylation is 1.